The molecule has 5 heterocycles. The van der Waals surface area contributed by atoms with E-state index in [1.807, 2.05) is 0 Å². The van der Waals surface area contributed by atoms with Crippen molar-refractivity contribution in [3.8, 4) is 17.3 Å². The van der Waals surface area contributed by atoms with Crippen LogP contribution in [0.5, 0.6) is 5.88 Å². The summed E-state index contributed by atoms with van der Waals surface area (Å²) in [6.07, 6.45) is 4.19. The molecule has 0 unspecified atom stereocenters. The van der Waals surface area contributed by atoms with Crippen LogP contribution in [0.4, 0.5) is 20.5 Å². The molecule has 0 amide bonds. The molecule has 0 radical (unpaired) electrons. The predicted molar refractivity (Wildman–Crippen MR) is 97.5 cm³/mol. The van der Waals surface area contributed by atoms with Crippen LogP contribution in [0.3, 0.4) is 0 Å². The second-order valence-corrected chi connectivity index (χ2v) is 7.30. The Hall–Kier alpha value is -2.66. The molecule has 0 saturated carbocycles. The van der Waals surface area contributed by atoms with E-state index in [0.717, 1.165) is 25.0 Å². The van der Waals surface area contributed by atoms with Gasteiger partial charge in [-0.3, -0.25) is 0 Å². The summed E-state index contributed by atoms with van der Waals surface area (Å²) < 4.78 is 41.1. The summed E-state index contributed by atoms with van der Waals surface area (Å²) in [4.78, 5) is 19.5. The molecule has 154 valence electrons. The average Bonchev–Trinajstić information content (AvgIpc) is 3.47. The zero-order valence-electron chi connectivity index (χ0n) is 15.5. The molecule has 29 heavy (non-hydrogen) atoms. The van der Waals surface area contributed by atoms with Crippen LogP contribution in [0, 0.1) is 0 Å². The zero-order valence-corrected chi connectivity index (χ0v) is 15.5. The SMILES string of the molecule is Nc1ncc(-c2cc([C@@H]3CCCO3)nc(N3C[C@@H]4C[C@H]3CO4)n2)nc1OC(F)F. The van der Waals surface area contributed by atoms with Crippen LogP contribution in [0.1, 0.15) is 31.1 Å². The first-order chi connectivity index (χ1) is 14.1. The Morgan fingerprint density at radius 3 is 2.79 bits per heavy atom. The molecule has 3 atom stereocenters. The first-order valence-electron chi connectivity index (χ1n) is 9.53. The molecular formula is C18H20F2N6O3. The highest BCUT2D eigenvalue weighted by molar-refractivity contribution is 5.59. The van der Waals surface area contributed by atoms with Gasteiger partial charge in [0.25, 0.3) is 5.88 Å². The maximum atomic E-state index is 12.7. The van der Waals surface area contributed by atoms with E-state index in [4.69, 9.17) is 20.2 Å². The lowest BCUT2D eigenvalue weighted by Crippen LogP contribution is -2.38. The summed E-state index contributed by atoms with van der Waals surface area (Å²) in [6, 6.07) is 1.99. The highest BCUT2D eigenvalue weighted by Crippen LogP contribution is 2.35. The van der Waals surface area contributed by atoms with Crippen LogP contribution < -0.4 is 15.4 Å². The number of hydrogen-bond donors (Lipinski definition) is 1. The summed E-state index contributed by atoms with van der Waals surface area (Å²) in [5.74, 6) is -0.0830. The zero-order chi connectivity index (χ0) is 20.0. The minimum atomic E-state index is -3.05. The third-order valence-electron chi connectivity index (χ3n) is 5.38. The number of ether oxygens (including phenoxy) is 3. The molecule has 0 aromatic carbocycles. The molecule has 2 N–H and O–H groups in total. The third-order valence-corrected chi connectivity index (χ3v) is 5.38. The topological polar surface area (TPSA) is 109 Å². The molecule has 0 aliphatic carbocycles. The van der Waals surface area contributed by atoms with Gasteiger partial charge in [0.15, 0.2) is 5.82 Å². The summed E-state index contributed by atoms with van der Waals surface area (Å²) in [5.41, 5.74) is 7.08. The van der Waals surface area contributed by atoms with E-state index < -0.39 is 12.5 Å². The van der Waals surface area contributed by atoms with Crippen molar-refractivity contribution < 1.29 is 23.0 Å². The fourth-order valence-corrected chi connectivity index (χ4v) is 4.01. The number of nitrogens with zero attached hydrogens (tertiary/aromatic N) is 5. The molecule has 2 aromatic rings. The van der Waals surface area contributed by atoms with E-state index >= 15 is 0 Å². The van der Waals surface area contributed by atoms with Crippen molar-refractivity contribution in [3.63, 3.8) is 0 Å². The highest BCUT2D eigenvalue weighted by atomic mass is 19.3. The van der Waals surface area contributed by atoms with Gasteiger partial charge in [-0.1, -0.05) is 0 Å². The molecule has 5 rings (SSSR count). The predicted octanol–water partition coefficient (Wildman–Crippen LogP) is 1.95. The number of alkyl halides is 2. The van der Waals surface area contributed by atoms with E-state index in [1.54, 1.807) is 6.07 Å². The van der Waals surface area contributed by atoms with Gasteiger partial charge >= 0.3 is 6.61 Å². The normalized spacial score (nSPS) is 25.9. The summed E-state index contributed by atoms with van der Waals surface area (Å²) >= 11 is 0. The maximum absolute atomic E-state index is 12.7. The number of hydrogen-bond acceptors (Lipinski definition) is 9. The molecule has 3 fully saturated rings. The van der Waals surface area contributed by atoms with Crippen LogP contribution in [0.25, 0.3) is 11.4 Å². The highest BCUT2D eigenvalue weighted by Gasteiger charge is 2.40. The van der Waals surface area contributed by atoms with E-state index in [-0.39, 0.29) is 29.8 Å². The Bertz CT molecular complexity index is 911. The molecule has 2 aromatic heterocycles. The van der Waals surface area contributed by atoms with Crippen LogP contribution in [-0.4, -0.2) is 58.5 Å². The molecule has 2 bridgehead atoms. The van der Waals surface area contributed by atoms with Gasteiger partial charge in [-0.25, -0.2) is 19.9 Å². The van der Waals surface area contributed by atoms with E-state index in [0.29, 0.717) is 31.4 Å². The number of nitrogen functional groups attached to an aromatic ring is 1. The number of morpholine rings is 1. The van der Waals surface area contributed by atoms with Crippen molar-refractivity contribution in [3.05, 3.63) is 18.0 Å². The van der Waals surface area contributed by atoms with Gasteiger partial charge in [-0.15, -0.1) is 0 Å². The number of halogens is 2. The van der Waals surface area contributed by atoms with Crippen molar-refractivity contribution >= 4 is 11.8 Å². The lowest BCUT2D eigenvalue weighted by molar-refractivity contribution is -0.0524. The Balaban J connectivity index is 1.55. The first-order valence-corrected chi connectivity index (χ1v) is 9.53. The monoisotopic (exact) mass is 406 g/mol. The lowest BCUT2D eigenvalue weighted by atomic mass is 10.1. The van der Waals surface area contributed by atoms with Crippen LogP contribution >= 0.6 is 0 Å². The fraction of sp³-hybridized carbons (Fsp3) is 0.556. The van der Waals surface area contributed by atoms with Crippen molar-refractivity contribution in [1.82, 2.24) is 19.9 Å². The minimum Gasteiger partial charge on any atom is -0.413 e. The molecule has 0 spiro atoms. The summed E-state index contributed by atoms with van der Waals surface area (Å²) in [6.45, 7) is -1.02. The van der Waals surface area contributed by atoms with Gasteiger partial charge in [0.1, 0.15) is 5.69 Å². The Kier molecular flexibility index (Phi) is 4.63. The van der Waals surface area contributed by atoms with Crippen LogP contribution in [0.15, 0.2) is 12.3 Å². The Morgan fingerprint density at radius 2 is 2.10 bits per heavy atom. The standard InChI is InChI=1S/C18H20F2N6O3/c19-17(20)29-16-15(21)22-6-13(23-16)11-5-12(14-2-1-3-27-14)25-18(24-11)26-7-10-4-9(26)8-28-10/h5-6,9-10,14,17H,1-4,7-8H2,(H2,21,22)/t9-,10-,14-/m0/s1. The summed E-state index contributed by atoms with van der Waals surface area (Å²) in [7, 11) is 0. The maximum Gasteiger partial charge on any atom is 0.388 e. The quantitative estimate of drug-likeness (QED) is 0.797. The van der Waals surface area contributed by atoms with Gasteiger partial charge in [0, 0.05) is 13.2 Å². The van der Waals surface area contributed by atoms with Gasteiger partial charge < -0.3 is 24.8 Å². The van der Waals surface area contributed by atoms with Gasteiger partial charge in [0.2, 0.25) is 5.95 Å². The molecule has 3 aliphatic heterocycles. The molecular weight excluding hydrogens is 386 g/mol. The average molecular weight is 406 g/mol. The smallest absolute Gasteiger partial charge is 0.388 e. The van der Waals surface area contributed by atoms with Gasteiger partial charge in [0.05, 0.1) is 42.4 Å². The van der Waals surface area contributed by atoms with Crippen molar-refractivity contribution in [1.29, 1.82) is 0 Å². The first kappa shape index (κ1) is 18.4. The number of nitrogens with two attached hydrogens (primary N) is 1. The third kappa shape index (κ3) is 3.55. The second kappa shape index (κ2) is 7.30. The van der Waals surface area contributed by atoms with Crippen molar-refractivity contribution in [2.45, 2.75) is 44.1 Å². The lowest BCUT2D eigenvalue weighted by Gasteiger charge is -2.27. The van der Waals surface area contributed by atoms with E-state index in [1.165, 1.54) is 6.20 Å². The largest absolute Gasteiger partial charge is 0.413 e. The molecule has 3 aliphatic rings. The number of fused-ring (bicyclic) bond motifs is 2. The molecule has 3 saturated heterocycles. The van der Waals surface area contributed by atoms with Gasteiger partial charge in [-0.2, -0.15) is 8.78 Å². The van der Waals surface area contributed by atoms with Crippen molar-refractivity contribution in [2.24, 2.45) is 0 Å². The van der Waals surface area contributed by atoms with Crippen LogP contribution in [-0.2, 0) is 9.47 Å². The minimum absolute atomic E-state index is 0.134. The van der Waals surface area contributed by atoms with E-state index in [9.17, 15) is 8.78 Å². The summed E-state index contributed by atoms with van der Waals surface area (Å²) in [5, 5.41) is 0. The van der Waals surface area contributed by atoms with Crippen LogP contribution in [0.2, 0.25) is 0 Å². The molecule has 11 heteroatoms. The second-order valence-electron chi connectivity index (χ2n) is 7.30. The van der Waals surface area contributed by atoms with E-state index in [2.05, 4.69) is 24.6 Å². The Labute approximate surface area is 165 Å². The number of rotatable bonds is 5. The number of anilines is 2. The van der Waals surface area contributed by atoms with Gasteiger partial charge in [-0.05, 0) is 25.3 Å². The van der Waals surface area contributed by atoms with Crippen molar-refractivity contribution in [2.75, 3.05) is 30.4 Å². The fourth-order valence-electron chi connectivity index (χ4n) is 4.01. The Morgan fingerprint density at radius 1 is 1.21 bits per heavy atom. The molecule has 9 nitrogen and oxygen atoms in total. The number of aromatic nitrogens is 4.